The smallest absolute Gasteiger partial charge is 0.184 e. The highest BCUT2D eigenvalue weighted by atomic mass is 32.1. The van der Waals surface area contributed by atoms with Crippen LogP contribution in [0.2, 0.25) is 0 Å². The normalized spacial score (nSPS) is 18.4. The maximum absolute atomic E-state index is 4.41. The number of piperidine rings is 1. The first-order chi connectivity index (χ1) is 6.77. The number of nitrogens with one attached hydrogen (secondary N) is 1. The summed E-state index contributed by atoms with van der Waals surface area (Å²) in [5, 5.41) is 4.51. The van der Waals surface area contributed by atoms with Gasteiger partial charge in [-0.15, -0.1) is 11.3 Å². The number of thiazole rings is 1. The molecule has 0 radical (unpaired) electrons. The molecule has 0 spiro atoms. The zero-order chi connectivity index (χ0) is 9.97. The van der Waals surface area contributed by atoms with E-state index in [9.17, 15) is 0 Å². The SMILES string of the molecule is CN(C)c1ncc(C2CCNCC2)s1. The van der Waals surface area contributed by atoms with Gasteiger partial charge in [0.1, 0.15) is 0 Å². The predicted molar refractivity (Wildman–Crippen MR) is 61.3 cm³/mol. The number of nitrogens with zero attached hydrogens (tertiary/aromatic N) is 2. The maximum atomic E-state index is 4.41. The van der Waals surface area contributed by atoms with Crippen LogP contribution in [0.15, 0.2) is 6.20 Å². The van der Waals surface area contributed by atoms with E-state index >= 15 is 0 Å². The van der Waals surface area contributed by atoms with Gasteiger partial charge < -0.3 is 10.2 Å². The Hall–Kier alpha value is -0.610. The minimum Gasteiger partial charge on any atom is -0.354 e. The molecule has 2 rings (SSSR count). The second-order valence-corrected chi connectivity index (χ2v) is 5.00. The lowest BCUT2D eigenvalue weighted by Gasteiger charge is -2.20. The second kappa shape index (κ2) is 4.28. The van der Waals surface area contributed by atoms with Crippen molar-refractivity contribution < 1.29 is 0 Å². The first-order valence-electron chi connectivity index (χ1n) is 5.11. The van der Waals surface area contributed by atoms with Gasteiger partial charge in [-0.2, -0.15) is 0 Å². The second-order valence-electron chi connectivity index (χ2n) is 3.96. The molecule has 3 nitrogen and oxygen atoms in total. The van der Waals surface area contributed by atoms with Gasteiger partial charge in [-0.3, -0.25) is 0 Å². The van der Waals surface area contributed by atoms with Crippen LogP contribution in [0.1, 0.15) is 23.6 Å². The molecule has 0 amide bonds. The van der Waals surface area contributed by atoms with Crippen LogP contribution in [0.25, 0.3) is 0 Å². The van der Waals surface area contributed by atoms with E-state index in [1.54, 1.807) is 0 Å². The van der Waals surface area contributed by atoms with Crippen molar-refractivity contribution in [2.24, 2.45) is 0 Å². The Bertz CT molecular complexity index is 289. The van der Waals surface area contributed by atoms with Gasteiger partial charge in [-0.25, -0.2) is 4.98 Å². The van der Waals surface area contributed by atoms with Crippen molar-refractivity contribution in [1.29, 1.82) is 0 Å². The predicted octanol–water partition coefficient (Wildman–Crippen LogP) is 1.68. The van der Waals surface area contributed by atoms with Gasteiger partial charge in [0.25, 0.3) is 0 Å². The summed E-state index contributed by atoms with van der Waals surface area (Å²) >= 11 is 1.83. The minimum atomic E-state index is 0.738. The van der Waals surface area contributed by atoms with Crippen LogP contribution in [0.4, 0.5) is 5.13 Å². The number of anilines is 1. The fraction of sp³-hybridized carbons (Fsp3) is 0.700. The van der Waals surface area contributed by atoms with Crippen molar-refractivity contribution in [2.45, 2.75) is 18.8 Å². The first-order valence-corrected chi connectivity index (χ1v) is 5.93. The van der Waals surface area contributed by atoms with Crippen LogP contribution in [0, 0.1) is 0 Å². The summed E-state index contributed by atoms with van der Waals surface area (Å²) in [4.78, 5) is 7.95. The molecule has 0 unspecified atom stereocenters. The van der Waals surface area contributed by atoms with E-state index in [-0.39, 0.29) is 0 Å². The summed E-state index contributed by atoms with van der Waals surface area (Å²) < 4.78 is 0. The number of aromatic nitrogens is 1. The van der Waals surface area contributed by atoms with E-state index in [4.69, 9.17) is 0 Å². The molecule has 1 N–H and O–H groups in total. The lowest BCUT2D eigenvalue weighted by Crippen LogP contribution is -2.26. The average Bonchev–Trinajstić information content (AvgIpc) is 2.68. The van der Waals surface area contributed by atoms with Gasteiger partial charge in [0.15, 0.2) is 5.13 Å². The molecule has 2 heterocycles. The largest absolute Gasteiger partial charge is 0.354 e. The average molecular weight is 211 g/mol. The Labute approximate surface area is 89.1 Å². The van der Waals surface area contributed by atoms with Crippen LogP contribution >= 0.6 is 11.3 Å². The number of rotatable bonds is 2. The fourth-order valence-electron chi connectivity index (χ4n) is 1.78. The van der Waals surface area contributed by atoms with Crippen molar-refractivity contribution in [3.8, 4) is 0 Å². The molecule has 0 atom stereocenters. The Morgan fingerprint density at radius 3 is 2.71 bits per heavy atom. The Kier molecular flexibility index (Phi) is 3.03. The lowest BCUT2D eigenvalue weighted by atomic mass is 9.97. The molecule has 14 heavy (non-hydrogen) atoms. The van der Waals surface area contributed by atoms with Crippen LogP contribution in [-0.2, 0) is 0 Å². The zero-order valence-electron chi connectivity index (χ0n) is 8.79. The van der Waals surface area contributed by atoms with Crippen LogP contribution in [-0.4, -0.2) is 32.2 Å². The van der Waals surface area contributed by atoms with E-state index < -0.39 is 0 Å². The summed E-state index contributed by atoms with van der Waals surface area (Å²) in [6.45, 7) is 2.31. The fourth-order valence-corrected chi connectivity index (χ4v) is 2.79. The third-order valence-electron chi connectivity index (χ3n) is 2.64. The van der Waals surface area contributed by atoms with Gasteiger partial charge in [-0.1, -0.05) is 0 Å². The molecule has 0 saturated carbocycles. The quantitative estimate of drug-likeness (QED) is 0.806. The molecule has 4 heteroatoms. The van der Waals surface area contributed by atoms with Crippen LogP contribution in [0.5, 0.6) is 0 Å². The van der Waals surface area contributed by atoms with Gasteiger partial charge in [0.05, 0.1) is 0 Å². The van der Waals surface area contributed by atoms with E-state index in [1.165, 1.54) is 17.7 Å². The summed E-state index contributed by atoms with van der Waals surface area (Å²) in [5.74, 6) is 0.738. The van der Waals surface area contributed by atoms with Gasteiger partial charge in [0.2, 0.25) is 0 Å². The highest BCUT2D eigenvalue weighted by Gasteiger charge is 2.17. The van der Waals surface area contributed by atoms with Crippen molar-refractivity contribution in [3.05, 3.63) is 11.1 Å². The molecular formula is C10H17N3S. The molecule has 0 bridgehead atoms. The zero-order valence-corrected chi connectivity index (χ0v) is 9.60. The maximum Gasteiger partial charge on any atom is 0.184 e. The van der Waals surface area contributed by atoms with Gasteiger partial charge in [0, 0.05) is 25.2 Å². The van der Waals surface area contributed by atoms with E-state index in [0.29, 0.717) is 0 Å². The molecule has 0 aromatic carbocycles. The Balaban J connectivity index is 2.07. The van der Waals surface area contributed by atoms with Crippen LogP contribution < -0.4 is 10.2 Å². The Morgan fingerprint density at radius 2 is 2.14 bits per heavy atom. The monoisotopic (exact) mass is 211 g/mol. The minimum absolute atomic E-state index is 0.738. The summed E-state index contributed by atoms with van der Waals surface area (Å²) in [6, 6.07) is 0. The standard InChI is InChI=1S/C10H17N3S/c1-13(2)10-12-7-9(14-10)8-3-5-11-6-4-8/h7-8,11H,3-6H2,1-2H3. The molecule has 1 aromatic heterocycles. The lowest BCUT2D eigenvalue weighted by molar-refractivity contribution is 0.465. The van der Waals surface area contributed by atoms with Crippen molar-refractivity contribution in [3.63, 3.8) is 0 Å². The summed E-state index contributed by atoms with van der Waals surface area (Å²) in [6.07, 6.45) is 4.57. The molecule has 1 aliphatic rings. The molecule has 1 fully saturated rings. The van der Waals surface area contributed by atoms with Crippen LogP contribution in [0.3, 0.4) is 0 Å². The molecule has 78 valence electrons. The molecule has 1 saturated heterocycles. The summed E-state index contributed by atoms with van der Waals surface area (Å²) in [5.41, 5.74) is 0. The van der Waals surface area contributed by atoms with E-state index in [2.05, 4.69) is 21.4 Å². The van der Waals surface area contributed by atoms with E-state index in [1.807, 2.05) is 25.4 Å². The Morgan fingerprint density at radius 1 is 1.43 bits per heavy atom. The first kappa shape index (κ1) is 9.93. The molecule has 1 aliphatic heterocycles. The number of hydrogen-bond donors (Lipinski definition) is 1. The molecular weight excluding hydrogens is 194 g/mol. The van der Waals surface area contributed by atoms with Gasteiger partial charge in [-0.05, 0) is 31.8 Å². The molecule has 1 aromatic rings. The topological polar surface area (TPSA) is 28.2 Å². The summed E-state index contributed by atoms with van der Waals surface area (Å²) in [7, 11) is 4.09. The van der Waals surface area contributed by atoms with Crippen molar-refractivity contribution in [2.75, 3.05) is 32.1 Å². The third kappa shape index (κ3) is 2.07. The van der Waals surface area contributed by atoms with E-state index in [0.717, 1.165) is 24.1 Å². The third-order valence-corrected chi connectivity index (χ3v) is 3.96. The van der Waals surface area contributed by atoms with Gasteiger partial charge >= 0.3 is 0 Å². The molecule has 0 aliphatic carbocycles. The van der Waals surface area contributed by atoms with Crippen molar-refractivity contribution in [1.82, 2.24) is 10.3 Å². The highest BCUT2D eigenvalue weighted by Crippen LogP contribution is 2.32. The van der Waals surface area contributed by atoms with Crippen molar-refractivity contribution >= 4 is 16.5 Å². The highest BCUT2D eigenvalue weighted by molar-refractivity contribution is 7.15. The number of hydrogen-bond acceptors (Lipinski definition) is 4.